The molecule has 0 heterocycles. The number of nitrogens with one attached hydrogen (secondary N) is 2. The van der Waals surface area contributed by atoms with Gasteiger partial charge in [0.1, 0.15) is 5.75 Å². The summed E-state index contributed by atoms with van der Waals surface area (Å²) >= 11 is 0. The van der Waals surface area contributed by atoms with Gasteiger partial charge in [0.25, 0.3) is 5.91 Å². The summed E-state index contributed by atoms with van der Waals surface area (Å²) in [5, 5.41) is 23.6. The van der Waals surface area contributed by atoms with Crippen molar-refractivity contribution in [1.82, 2.24) is 10.6 Å². The molecule has 0 aliphatic heterocycles. The maximum absolute atomic E-state index is 13.9. The van der Waals surface area contributed by atoms with Crippen LogP contribution >= 0.6 is 0 Å². The van der Waals surface area contributed by atoms with E-state index < -0.39 is 36.9 Å². The number of alkyl halides is 3. The predicted molar refractivity (Wildman–Crippen MR) is 182 cm³/mol. The summed E-state index contributed by atoms with van der Waals surface area (Å²) in [6.45, 7) is -0.323. The molecule has 12 heteroatoms. The molecular weight excluding hydrogens is 651 g/mol. The van der Waals surface area contributed by atoms with Crippen molar-refractivity contribution in [2.24, 2.45) is 0 Å². The summed E-state index contributed by atoms with van der Waals surface area (Å²) in [6, 6.07) is 26.5. The zero-order valence-electron chi connectivity index (χ0n) is 27.2. The number of aliphatic hydroxyl groups excluding tert-OH is 1. The number of aliphatic hydroxyl groups is 1. The summed E-state index contributed by atoms with van der Waals surface area (Å²) in [5.41, 5.74) is 4.06. The molecule has 4 aromatic carbocycles. The second-order valence-corrected chi connectivity index (χ2v) is 12.1. The number of carboxylic acid groups (broad SMARTS) is 1. The number of hydrogen-bond donors (Lipinski definition) is 4. The third-order valence-corrected chi connectivity index (χ3v) is 8.67. The maximum Gasteiger partial charge on any atom is 0.573 e. The lowest BCUT2D eigenvalue weighted by Crippen LogP contribution is -2.39. The molecule has 5 rings (SSSR count). The molecule has 1 aliphatic rings. The first-order valence-corrected chi connectivity index (χ1v) is 16.3. The van der Waals surface area contributed by atoms with Gasteiger partial charge in [-0.05, 0) is 71.3 Å². The van der Waals surface area contributed by atoms with Crippen molar-refractivity contribution in [3.63, 3.8) is 0 Å². The van der Waals surface area contributed by atoms with Gasteiger partial charge in [-0.15, -0.1) is 13.2 Å². The Hall–Kier alpha value is -5.36. The minimum atomic E-state index is -4.88. The molecule has 1 saturated carbocycles. The number of para-hydroxylation sites is 1. The molecule has 9 nitrogen and oxygen atoms in total. The highest BCUT2D eigenvalue weighted by Crippen LogP contribution is 2.36. The third-order valence-electron chi connectivity index (χ3n) is 8.67. The Balaban J connectivity index is 1.36. The average molecular weight is 690 g/mol. The van der Waals surface area contributed by atoms with Gasteiger partial charge in [-0.25, -0.2) is 9.59 Å². The number of ether oxygens (including phenoxy) is 1. The number of anilines is 1. The Morgan fingerprint density at radius 2 is 1.46 bits per heavy atom. The lowest BCUT2D eigenvalue weighted by molar-refractivity contribution is -0.274. The first kappa shape index (κ1) is 35.9. The fourth-order valence-electron chi connectivity index (χ4n) is 6.07. The molecule has 0 radical (unpaired) electrons. The van der Waals surface area contributed by atoms with Crippen molar-refractivity contribution < 1.29 is 42.5 Å². The standard InChI is InChI=1S/C38H38F3N3O6/c39-38(40,41)50-34-13-7-6-12-32(34)31-11-5-4-10-29(31)22-43-37(49)44(30-20-18-27(19-21-30)26-8-2-1-3-9-26)24-25-14-16-28(17-15-25)35(46)42-23-33(45)36(47)48/h4-7,10-21,26,33,45H,1-3,8-9,22-24H2,(H,42,46)(H,43,49)(H,47,48). The Kier molecular flexibility index (Phi) is 11.8. The van der Waals surface area contributed by atoms with Crippen LogP contribution in [0.4, 0.5) is 23.7 Å². The smallest absolute Gasteiger partial charge is 0.479 e. The molecule has 0 spiro atoms. The predicted octanol–water partition coefficient (Wildman–Crippen LogP) is 7.39. The molecule has 1 fully saturated rings. The van der Waals surface area contributed by atoms with Gasteiger partial charge in [-0.1, -0.05) is 86.0 Å². The fraction of sp³-hybridized carbons (Fsp3) is 0.289. The van der Waals surface area contributed by atoms with Crippen LogP contribution in [0.2, 0.25) is 0 Å². The zero-order valence-corrected chi connectivity index (χ0v) is 27.2. The third kappa shape index (κ3) is 9.63. The molecule has 50 heavy (non-hydrogen) atoms. The Bertz CT molecular complexity index is 1770. The van der Waals surface area contributed by atoms with Crippen LogP contribution in [0.3, 0.4) is 0 Å². The van der Waals surface area contributed by atoms with Gasteiger partial charge in [0.05, 0.1) is 13.1 Å². The van der Waals surface area contributed by atoms with Gasteiger partial charge >= 0.3 is 18.4 Å². The SMILES string of the molecule is O=C(NCC(O)C(=O)O)c1ccc(CN(C(=O)NCc2ccccc2-c2ccccc2OC(F)(F)F)c2ccc(C3CCCCC3)cc2)cc1. The van der Waals surface area contributed by atoms with Crippen LogP contribution in [0, 0.1) is 0 Å². The van der Waals surface area contributed by atoms with E-state index in [2.05, 4.69) is 15.4 Å². The second kappa shape index (κ2) is 16.4. The number of rotatable bonds is 12. The van der Waals surface area contributed by atoms with Gasteiger partial charge in [-0.3, -0.25) is 9.69 Å². The molecule has 4 aromatic rings. The van der Waals surface area contributed by atoms with Crippen molar-refractivity contribution in [3.05, 3.63) is 119 Å². The molecule has 0 saturated heterocycles. The van der Waals surface area contributed by atoms with E-state index >= 15 is 0 Å². The Morgan fingerprint density at radius 3 is 2.12 bits per heavy atom. The normalized spacial score (nSPS) is 14.0. The largest absolute Gasteiger partial charge is 0.573 e. The number of urea groups is 1. The first-order chi connectivity index (χ1) is 24.0. The number of hydrogen-bond acceptors (Lipinski definition) is 5. The minimum absolute atomic E-state index is 0.00726. The fourth-order valence-corrected chi connectivity index (χ4v) is 6.07. The van der Waals surface area contributed by atoms with E-state index in [4.69, 9.17) is 5.11 Å². The molecule has 0 bridgehead atoms. The number of halogens is 3. The van der Waals surface area contributed by atoms with E-state index in [1.54, 1.807) is 47.4 Å². The van der Waals surface area contributed by atoms with Crippen LogP contribution in [0.15, 0.2) is 97.1 Å². The van der Waals surface area contributed by atoms with Crippen LogP contribution in [0.5, 0.6) is 5.75 Å². The van der Waals surface area contributed by atoms with Crippen molar-refractivity contribution in [2.45, 2.75) is 63.6 Å². The maximum atomic E-state index is 13.9. The van der Waals surface area contributed by atoms with Crippen molar-refractivity contribution in [2.75, 3.05) is 11.4 Å². The topological polar surface area (TPSA) is 128 Å². The van der Waals surface area contributed by atoms with Crippen molar-refractivity contribution >= 4 is 23.6 Å². The van der Waals surface area contributed by atoms with E-state index in [1.807, 2.05) is 24.3 Å². The van der Waals surface area contributed by atoms with E-state index in [9.17, 15) is 32.7 Å². The van der Waals surface area contributed by atoms with Crippen LogP contribution in [0.25, 0.3) is 11.1 Å². The number of amides is 3. The van der Waals surface area contributed by atoms with E-state index in [0.29, 0.717) is 28.3 Å². The summed E-state index contributed by atoms with van der Waals surface area (Å²) in [6.07, 6.45) is -0.768. The second-order valence-electron chi connectivity index (χ2n) is 12.1. The van der Waals surface area contributed by atoms with Crippen LogP contribution in [0.1, 0.15) is 65.1 Å². The number of carboxylic acids is 1. The Labute approximate surface area is 287 Å². The van der Waals surface area contributed by atoms with Crippen molar-refractivity contribution in [3.8, 4) is 16.9 Å². The lowest BCUT2D eigenvalue weighted by Gasteiger charge is -2.26. The number of benzene rings is 4. The number of carbonyl (C=O) groups excluding carboxylic acids is 2. The summed E-state index contributed by atoms with van der Waals surface area (Å²) < 4.78 is 43.8. The van der Waals surface area contributed by atoms with Crippen molar-refractivity contribution in [1.29, 1.82) is 0 Å². The zero-order chi connectivity index (χ0) is 35.7. The molecule has 3 amide bonds. The monoisotopic (exact) mass is 689 g/mol. The molecular formula is C38H38F3N3O6. The van der Waals surface area contributed by atoms with Gasteiger partial charge in [-0.2, -0.15) is 0 Å². The molecule has 1 atom stereocenters. The van der Waals surface area contributed by atoms with Crippen LogP contribution in [-0.4, -0.2) is 47.1 Å². The van der Waals surface area contributed by atoms with E-state index in [1.165, 1.54) is 55.2 Å². The van der Waals surface area contributed by atoms with Crippen LogP contribution < -0.4 is 20.3 Å². The van der Waals surface area contributed by atoms with Crippen LogP contribution in [-0.2, 0) is 17.9 Å². The van der Waals surface area contributed by atoms with Gasteiger partial charge in [0.2, 0.25) is 0 Å². The molecule has 4 N–H and O–H groups in total. The molecule has 262 valence electrons. The van der Waals surface area contributed by atoms with Gasteiger partial charge < -0.3 is 25.6 Å². The Morgan fingerprint density at radius 1 is 0.820 bits per heavy atom. The highest BCUT2D eigenvalue weighted by molar-refractivity contribution is 5.95. The molecule has 1 unspecified atom stereocenters. The minimum Gasteiger partial charge on any atom is -0.479 e. The van der Waals surface area contributed by atoms with E-state index in [0.717, 1.165) is 12.8 Å². The lowest BCUT2D eigenvalue weighted by atomic mass is 9.84. The highest BCUT2D eigenvalue weighted by Gasteiger charge is 2.32. The molecule has 0 aromatic heterocycles. The number of carbonyl (C=O) groups is 3. The first-order valence-electron chi connectivity index (χ1n) is 16.3. The van der Waals surface area contributed by atoms with E-state index in [-0.39, 0.29) is 30.0 Å². The number of aliphatic carboxylic acids is 1. The summed E-state index contributed by atoms with van der Waals surface area (Å²) in [4.78, 5) is 38.8. The quantitative estimate of drug-likeness (QED) is 0.123. The van der Waals surface area contributed by atoms with Gasteiger partial charge in [0.15, 0.2) is 6.10 Å². The average Bonchev–Trinajstić information content (AvgIpc) is 3.12. The highest BCUT2D eigenvalue weighted by atomic mass is 19.4. The van der Waals surface area contributed by atoms with Gasteiger partial charge in [0, 0.05) is 23.4 Å². The molecule has 1 aliphatic carbocycles. The summed E-state index contributed by atoms with van der Waals surface area (Å²) in [7, 11) is 0. The number of nitrogens with zero attached hydrogens (tertiary/aromatic N) is 1. The summed E-state index contributed by atoms with van der Waals surface area (Å²) in [5.74, 6) is -1.90.